The van der Waals surface area contributed by atoms with E-state index < -0.39 is 0 Å². The van der Waals surface area contributed by atoms with Crippen LogP contribution in [0.1, 0.15) is 79.1 Å². The van der Waals surface area contributed by atoms with E-state index in [1.54, 1.807) is 11.3 Å². The molecule has 6 rings (SSSR count). The first kappa shape index (κ1) is 19.8. The molecular formula is C23H32N2O2S2. The maximum Gasteiger partial charge on any atom is 0.341 e. The van der Waals surface area contributed by atoms with Crippen LogP contribution in [0.15, 0.2) is 0 Å². The van der Waals surface area contributed by atoms with E-state index in [1.807, 2.05) is 0 Å². The van der Waals surface area contributed by atoms with Crippen molar-refractivity contribution in [2.24, 2.45) is 23.2 Å². The number of hydrogen-bond acceptors (Lipinski definition) is 4. The van der Waals surface area contributed by atoms with Crippen molar-refractivity contribution in [3.63, 3.8) is 0 Å². The quantitative estimate of drug-likeness (QED) is 0.499. The van der Waals surface area contributed by atoms with E-state index in [0.29, 0.717) is 22.1 Å². The highest BCUT2D eigenvalue weighted by atomic mass is 32.1. The second-order valence-corrected chi connectivity index (χ2v) is 11.5. The number of thiophene rings is 1. The summed E-state index contributed by atoms with van der Waals surface area (Å²) in [7, 11) is 1.46. The summed E-state index contributed by atoms with van der Waals surface area (Å²) >= 11 is 7.40. The van der Waals surface area contributed by atoms with Crippen molar-refractivity contribution in [1.82, 2.24) is 5.32 Å². The maximum atomic E-state index is 12.5. The fourth-order valence-electron chi connectivity index (χ4n) is 7.17. The van der Waals surface area contributed by atoms with Gasteiger partial charge in [0.15, 0.2) is 5.11 Å². The summed E-state index contributed by atoms with van der Waals surface area (Å²) in [6.07, 6.45) is 12.8. The number of carbonyl (C=O) groups is 1. The number of methoxy groups -OCH3 is 1. The zero-order chi connectivity index (χ0) is 20.2. The molecule has 0 amide bonds. The van der Waals surface area contributed by atoms with Crippen LogP contribution in [0.3, 0.4) is 0 Å². The number of ether oxygens (including phenoxy) is 1. The van der Waals surface area contributed by atoms with Gasteiger partial charge in [-0.05, 0) is 112 Å². The van der Waals surface area contributed by atoms with Crippen molar-refractivity contribution < 1.29 is 9.53 Å². The fraction of sp³-hybridized carbons (Fsp3) is 0.739. The highest BCUT2D eigenvalue weighted by molar-refractivity contribution is 7.80. The van der Waals surface area contributed by atoms with Crippen LogP contribution in [-0.2, 0) is 17.6 Å². The van der Waals surface area contributed by atoms with Crippen LogP contribution in [0.2, 0.25) is 0 Å². The molecule has 4 bridgehead atoms. The maximum absolute atomic E-state index is 12.5. The molecule has 0 spiro atoms. The van der Waals surface area contributed by atoms with Gasteiger partial charge in [-0.25, -0.2) is 4.79 Å². The van der Waals surface area contributed by atoms with Gasteiger partial charge in [-0.1, -0.05) is 0 Å². The molecule has 0 aromatic carbocycles. The Morgan fingerprint density at radius 1 is 1.14 bits per heavy atom. The third-order valence-corrected chi connectivity index (χ3v) is 9.57. The average molecular weight is 433 g/mol. The highest BCUT2D eigenvalue weighted by Gasteiger charge is 2.53. The normalized spacial score (nSPS) is 33.1. The smallest absolute Gasteiger partial charge is 0.341 e. The van der Waals surface area contributed by atoms with Crippen molar-refractivity contribution >= 4 is 39.6 Å². The lowest BCUT2D eigenvalue weighted by Crippen LogP contribution is -2.56. The molecule has 4 fully saturated rings. The predicted molar refractivity (Wildman–Crippen MR) is 122 cm³/mol. The second kappa shape index (κ2) is 7.52. The van der Waals surface area contributed by atoms with Crippen LogP contribution < -0.4 is 10.6 Å². The molecule has 1 heterocycles. The molecule has 158 valence electrons. The summed E-state index contributed by atoms with van der Waals surface area (Å²) in [4.78, 5) is 13.8. The van der Waals surface area contributed by atoms with Gasteiger partial charge in [0, 0.05) is 10.9 Å². The van der Waals surface area contributed by atoms with Crippen LogP contribution >= 0.6 is 23.6 Å². The van der Waals surface area contributed by atoms with E-state index >= 15 is 0 Å². The van der Waals surface area contributed by atoms with Gasteiger partial charge >= 0.3 is 5.97 Å². The molecule has 0 aliphatic heterocycles. The van der Waals surface area contributed by atoms with Gasteiger partial charge in [-0.3, -0.25) is 0 Å². The first-order chi connectivity index (χ1) is 14.0. The monoisotopic (exact) mass is 432 g/mol. The van der Waals surface area contributed by atoms with Crippen molar-refractivity contribution in [2.75, 3.05) is 12.4 Å². The van der Waals surface area contributed by atoms with E-state index in [-0.39, 0.29) is 5.97 Å². The molecular weight excluding hydrogens is 400 g/mol. The van der Waals surface area contributed by atoms with Gasteiger partial charge in [0.05, 0.1) is 12.7 Å². The first-order valence-corrected chi connectivity index (χ1v) is 12.5. The Morgan fingerprint density at radius 3 is 2.38 bits per heavy atom. The summed E-state index contributed by atoms with van der Waals surface area (Å²) < 4.78 is 5.09. The standard InChI is InChI=1S/C23H32N2O2S2/c1-13(23-10-14-7-15(11-23)9-16(8-14)12-23)24-22(28)25-20-19(21(26)27-2)17-5-3-4-6-18(17)29-20/h13-16H,3-12H2,1-2H3,(H2,24,25,28). The number of nitrogens with one attached hydrogen (secondary N) is 2. The second-order valence-electron chi connectivity index (χ2n) is 10.0. The van der Waals surface area contributed by atoms with Crippen LogP contribution in [0.25, 0.3) is 0 Å². The molecule has 6 heteroatoms. The van der Waals surface area contributed by atoms with Crippen LogP contribution in [0.4, 0.5) is 5.00 Å². The lowest BCUT2D eigenvalue weighted by molar-refractivity contribution is -0.0671. The summed E-state index contributed by atoms with van der Waals surface area (Å²) in [5, 5.41) is 8.52. The molecule has 4 nitrogen and oxygen atoms in total. The number of esters is 1. The van der Waals surface area contributed by atoms with Crippen molar-refractivity contribution in [3.8, 4) is 0 Å². The lowest BCUT2D eigenvalue weighted by Gasteiger charge is -2.59. The third kappa shape index (κ3) is 3.50. The third-order valence-electron chi connectivity index (χ3n) is 8.14. The van der Waals surface area contributed by atoms with E-state index in [1.165, 1.54) is 62.5 Å². The zero-order valence-corrected chi connectivity index (χ0v) is 19.1. The summed E-state index contributed by atoms with van der Waals surface area (Å²) in [5.41, 5.74) is 2.28. The van der Waals surface area contributed by atoms with Crippen LogP contribution in [-0.4, -0.2) is 24.2 Å². The molecule has 1 aromatic rings. The molecule has 1 aromatic heterocycles. The molecule has 0 saturated heterocycles. The largest absolute Gasteiger partial charge is 0.465 e. The Morgan fingerprint density at radius 2 is 1.76 bits per heavy atom. The van der Waals surface area contributed by atoms with Gasteiger partial charge < -0.3 is 15.4 Å². The molecule has 5 aliphatic carbocycles. The van der Waals surface area contributed by atoms with E-state index in [2.05, 4.69) is 17.6 Å². The Balaban J connectivity index is 1.31. The summed E-state index contributed by atoms with van der Waals surface area (Å²) in [6, 6.07) is 0.368. The van der Waals surface area contributed by atoms with Gasteiger partial charge in [-0.15, -0.1) is 11.3 Å². The summed E-state index contributed by atoms with van der Waals surface area (Å²) in [5.74, 6) is 2.55. The fourth-order valence-corrected chi connectivity index (χ4v) is 8.79. The Kier molecular flexibility index (Phi) is 5.14. The summed E-state index contributed by atoms with van der Waals surface area (Å²) in [6.45, 7) is 2.32. The van der Waals surface area contributed by atoms with Gasteiger partial charge in [0.25, 0.3) is 0 Å². The molecule has 1 unspecified atom stereocenters. The van der Waals surface area contributed by atoms with Crippen molar-refractivity contribution in [2.45, 2.75) is 77.2 Å². The molecule has 4 saturated carbocycles. The number of anilines is 1. The number of fused-ring (bicyclic) bond motifs is 1. The van der Waals surface area contributed by atoms with Crippen LogP contribution in [0.5, 0.6) is 0 Å². The molecule has 5 aliphatic rings. The average Bonchev–Trinajstić information content (AvgIpc) is 3.03. The van der Waals surface area contributed by atoms with Gasteiger partial charge in [-0.2, -0.15) is 0 Å². The SMILES string of the molecule is COC(=O)c1c(NC(=S)NC(C)C23CC4CC(CC(C4)C2)C3)sc2c1CCCC2. The van der Waals surface area contributed by atoms with Crippen molar-refractivity contribution in [1.29, 1.82) is 0 Å². The van der Waals surface area contributed by atoms with Gasteiger partial charge in [0.2, 0.25) is 0 Å². The lowest BCUT2D eigenvalue weighted by atomic mass is 9.48. The Hall–Kier alpha value is -1.14. The van der Waals surface area contributed by atoms with E-state index in [4.69, 9.17) is 17.0 Å². The molecule has 29 heavy (non-hydrogen) atoms. The van der Waals surface area contributed by atoms with E-state index in [0.717, 1.165) is 42.0 Å². The first-order valence-electron chi connectivity index (χ1n) is 11.3. The Labute approximate surface area is 183 Å². The minimum Gasteiger partial charge on any atom is -0.465 e. The number of thiocarbonyl (C=S) groups is 1. The van der Waals surface area contributed by atoms with Crippen molar-refractivity contribution in [3.05, 3.63) is 16.0 Å². The Bertz CT molecular complexity index is 796. The topological polar surface area (TPSA) is 50.4 Å². The predicted octanol–water partition coefficient (Wildman–Crippen LogP) is 5.30. The number of carbonyl (C=O) groups excluding carboxylic acids is 1. The molecule has 2 N–H and O–H groups in total. The number of hydrogen-bond donors (Lipinski definition) is 2. The van der Waals surface area contributed by atoms with Crippen LogP contribution in [0, 0.1) is 23.2 Å². The minimum absolute atomic E-state index is 0.246. The van der Waals surface area contributed by atoms with E-state index in [9.17, 15) is 4.79 Å². The molecule has 0 radical (unpaired) electrons. The number of aryl methyl sites for hydroxylation is 1. The number of rotatable bonds is 4. The molecule has 1 atom stereocenters. The zero-order valence-electron chi connectivity index (χ0n) is 17.5. The van der Waals surface area contributed by atoms with Gasteiger partial charge in [0.1, 0.15) is 5.00 Å². The highest BCUT2D eigenvalue weighted by Crippen LogP contribution is 2.61. The minimum atomic E-state index is -0.246.